The minimum atomic E-state index is 0. The van der Waals surface area contributed by atoms with Crippen molar-refractivity contribution in [2.75, 3.05) is 0 Å². The van der Waals surface area contributed by atoms with E-state index in [1.54, 1.807) is 0 Å². The van der Waals surface area contributed by atoms with Crippen molar-refractivity contribution in [1.29, 1.82) is 0 Å². The first-order chi connectivity index (χ1) is 0. The quantitative estimate of drug-likeness (QED) is 0.302. The second-order valence-electron chi connectivity index (χ2n) is 0. The maximum atomic E-state index is 0. The predicted octanol–water partition coefficient (Wildman–Crippen LogP) is -3.93. The first kappa shape index (κ1) is 24.8. The van der Waals surface area contributed by atoms with Crippen molar-refractivity contribution in [3.63, 3.8) is 0 Å². The molecule has 0 fully saturated rings. The van der Waals surface area contributed by atoms with E-state index >= 15 is 0 Å². The Bertz CT molecular complexity index is 8.00. The van der Waals surface area contributed by atoms with Crippen molar-refractivity contribution >= 4 is 123 Å². The summed E-state index contributed by atoms with van der Waals surface area (Å²) in [5, 5.41) is 0. The Labute approximate surface area is 119 Å². The molecule has 0 amide bonds. The molecule has 0 heterocycles. The Morgan fingerprint density at radius 2 is 1.00 bits per heavy atom. The zero-order valence-electron chi connectivity index (χ0n) is 0. The molecule has 0 aromatic heterocycles. The fourth-order valence-electron chi connectivity index (χ4n) is 0. The first-order valence-electron chi connectivity index (χ1n) is 0. The number of hydrogen-bond acceptors (Lipinski definition) is 0. The van der Waals surface area contributed by atoms with Gasteiger partial charge in [-0.2, -0.15) is 0 Å². The number of rotatable bonds is 0. The van der Waals surface area contributed by atoms with Crippen LogP contribution in [0.4, 0.5) is 0 Å². The van der Waals surface area contributed by atoms with Crippen molar-refractivity contribution in [1.82, 2.24) is 0 Å². The van der Waals surface area contributed by atoms with Gasteiger partial charge in [-0.25, -0.2) is 0 Å². The van der Waals surface area contributed by atoms with Gasteiger partial charge in [0.1, 0.15) is 0 Å². The first-order valence-corrected chi connectivity index (χ1v) is 0. The van der Waals surface area contributed by atoms with Crippen LogP contribution in [0.1, 0.15) is 0 Å². The third kappa shape index (κ3) is 9.30. The second-order valence-corrected chi connectivity index (χ2v) is 0. The molecule has 0 atom stereocenters. The van der Waals surface area contributed by atoms with Gasteiger partial charge >= 0.3 is 112 Å². The van der Waals surface area contributed by atoms with Gasteiger partial charge in [-0.15, -0.1) is 0 Å². The van der Waals surface area contributed by atoms with Gasteiger partial charge < -0.3 is 0 Å². The molecule has 0 aliphatic rings. The molecule has 4 heavy (non-hydrogen) atoms. The Kier molecular flexibility index (Phi) is 97.9. The summed E-state index contributed by atoms with van der Waals surface area (Å²) in [4.78, 5) is 0. The molecule has 4 heteroatoms. The smallest absolute Gasteiger partial charge is 0.0149 e. The molecule has 0 aromatic carbocycles. The standard InChI is InChI=1S/Ca.K.Mg.H4Si.5H/h;;;1H4;;;;;. The van der Waals surface area contributed by atoms with Crippen LogP contribution in [-0.4, -0.2) is 123 Å². The van der Waals surface area contributed by atoms with Crippen molar-refractivity contribution in [2.24, 2.45) is 0 Å². The monoisotopic (exact) mass is 140 g/mol. The van der Waals surface area contributed by atoms with E-state index in [0.29, 0.717) is 0 Å². The van der Waals surface area contributed by atoms with E-state index in [1.165, 1.54) is 0 Å². The maximum Gasteiger partial charge on any atom is 0.316 e. The average molecular weight is 141 g/mol. The van der Waals surface area contributed by atoms with Gasteiger partial charge in [-0.1, -0.05) is 0 Å². The summed E-state index contributed by atoms with van der Waals surface area (Å²) in [7, 11) is 0. The molecule has 0 nitrogen and oxygen atoms in total. The third-order valence-electron chi connectivity index (χ3n) is 0. The maximum absolute atomic E-state index is 0. The Balaban J connectivity index is 0. The fraction of sp³-hybridized carbons (Fsp3) is 0. The van der Waals surface area contributed by atoms with Gasteiger partial charge in [0.15, 0.2) is 0 Å². The molecule has 0 N–H and O–H groups in total. The SMILES string of the molecule is [CaH2].[KH].[MgH2].[SiH4]. The molecule has 0 aliphatic carbocycles. The second kappa shape index (κ2) is 15.8. The summed E-state index contributed by atoms with van der Waals surface area (Å²) in [5.41, 5.74) is 0. The van der Waals surface area contributed by atoms with Gasteiger partial charge in [-0.05, 0) is 11.0 Å². The molecule has 18 valence electrons. The molecule has 0 unspecified atom stereocenters. The molecule has 0 bridgehead atoms. The van der Waals surface area contributed by atoms with Gasteiger partial charge in [0.05, 0.1) is 0 Å². The number of hydrogen-bond donors (Lipinski definition) is 0. The molecule has 0 aromatic rings. The van der Waals surface area contributed by atoms with Crippen molar-refractivity contribution in [3.8, 4) is 0 Å². The van der Waals surface area contributed by atoms with Crippen LogP contribution in [0.25, 0.3) is 0 Å². The molecular weight excluding hydrogens is 132 g/mol. The van der Waals surface area contributed by atoms with Crippen molar-refractivity contribution in [2.45, 2.75) is 0 Å². The van der Waals surface area contributed by atoms with Crippen LogP contribution in [0, 0.1) is 0 Å². The van der Waals surface area contributed by atoms with Gasteiger partial charge in [-0.3, -0.25) is 0 Å². The van der Waals surface area contributed by atoms with Crippen LogP contribution in [0.15, 0.2) is 0 Å². The summed E-state index contributed by atoms with van der Waals surface area (Å²) in [6, 6.07) is 0. The summed E-state index contributed by atoms with van der Waals surface area (Å²) in [6.07, 6.45) is 0. The van der Waals surface area contributed by atoms with Crippen LogP contribution >= 0.6 is 0 Å². The average Bonchev–Trinajstić information content (AvgIpc) is 0. The van der Waals surface area contributed by atoms with E-state index in [0.717, 1.165) is 0 Å². The minimum absolute atomic E-state index is 0. The van der Waals surface area contributed by atoms with E-state index in [9.17, 15) is 0 Å². The molecule has 0 radical (unpaired) electrons. The van der Waals surface area contributed by atoms with Crippen LogP contribution < -0.4 is 0 Å². The summed E-state index contributed by atoms with van der Waals surface area (Å²) < 4.78 is 0. The molecule has 0 saturated carbocycles. The molecular formula is H9CaKMgSi. The predicted molar refractivity (Wildman–Crippen MR) is 35.6 cm³/mol. The van der Waals surface area contributed by atoms with E-state index in [4.69, 9.17) is 0 Å². The summed E-state index contributed by atoms with van der Waals surface area (Å²) in [5.74, 6) is 0. The Morgan fingerprint density at radius 1 is 1.00 bits per heavy atom. The molecule has 0 spiro atoms. The van der Waals surface area contributed by atoms with Crippen LogP contribution in [0.2, 0.25) is 0 Å². The van der Waals surface area contributed by atoms with E-state index < -0.39 is 0 Å². The van der Waals surface area contributed by atoms with Crippen LogP contribution in [-0.2, 0) is 0 Å². The van der Waals surface area contributed by atoms with Gasteiger partial charge in [0, 0.05) is 0 Å². The topological polar surface area (TPSA) is 0 Å². The fourth-order valence-corrected chi connectivity index (χ4v) is 0. The summed E-state index contributed by atoms with van der Waals surface area (Å²) >= 11 is 0. The zero-order valence-corrected chi connectivity index (χ0v) is 0. The Hall–Kier alpha value is 3.88. The zero-order chi connectivity index (χ0) is 0. The van der Waals surface area contributed by atoms with E-state index in [-0.39, 0.29) is 123 Å². The molecule has 0 saturated heterocycles. The van der Waals surface area contributed by atoms with Crippen molar-refractivity contribution in [3.05, 3.63) is 0 Å². The normalized spacial score (nSPS) is 0. The van der Waals surface area contributed by atoms with Crippen LogP contribution in [0.5, 0.6) is 0 Å². The largest absolute Gasteiger partial charge is 0.316 e. The van der Waals surface area contributed by atoms with Gasteiger partial charge in [0.25, 0.3) is 0 Å². The van der Waals surface area contributed by atoms with Crippen LogP contribution in [0.3, 0.4) is 0 Å². The third-order valence-corrected chi connectivity index (χ3v) is 0. The minimum Gasteiger partial charge on any atom is -0.0149 e. The Morgan fingerprint density at radius 3 is 1.00 bits per heavy atom. The van der Waals surface area contributed by atoms with Gasteiger partial charge in [0.2, 0.25) is 0 Å². The van der Waals surface area contributed by atoms with E-state index in [2.05, 4.69) is 0 Å². The molecule has 0 aliphatic heterocycles. The van der Waals surface area contributed by atoms with Crippen molar-refractivity contribution < 1.29 is 0 Å². The molecule has 0 rings (SSSR count). The van der Waals surface area contributed by atoms with E-state index in [1.807, 2.05) is 0 Å². The summed E-state index contributed by atoms with van der Waals surface area (Å²) in [6.45, 7) is 0.